The van der Waals surface area contributed by atoms with Crippen LogP contribution in [0.2, 0.25) is 0 Å². The van der Waals surface area contributed by atoms with Crippen LogP contribution >= 0.6 is 0 Å². The minimum Gasteiger partial charge on any atom is -1.00 e. The maximum Gasteiger partial charge on any atom is 0.104 e. The van der Waals surface area contributed by atoms with Crippen LogP contribution in [0.25, 0.3) is 0 Å². The van der Waals surface area contributed by atoms with Gasteiger partial charge in [-0.3, -0.25) is 0 Å². The normalized spacial score (nSPS) is 14.3. The van der Waals surface area contributed by atoms with Crippen molar-refractivity contribution in [3.8, 4) is 0 Å². The molecule has 15 heavy (non-hydrogen) atoms. The summed E-state index contributed by atoms with van der Waals surface area (Å²) in [5.41, 5.74) is 0. The Morgan fingerprint density at radius 2 is 1.33 bits per heavy atom. The summed E-state index contributed by atoms with van der Waals surface area (Å²) in [6.45, 7) is 3.36. The molecule has 0 rings (SSSR count). The first-order chi connectivity index (χ1) is 5.63. The van der Waals surface area contributed by atoms with Gasteiger partial charge in [0.25, 0.3) is 0 Å². The second-order valence-electron chi connectivity index (χ2n) is 5.76. The van der Waals surface area contributed by atoms with Crippen LogP contribution < -0.4 is 34.0 Å². The van der Waals surface area contributed by atoms with E-state index in [1.165, 1.54) is 0 Å². The van der Waals surface area contributed by atoms with E-state index >= 15 is 0 Å². The molecule has 0 amide bonds. The number of hydrogen-bond acceptors (Lipinski definition) is 0. The van der Waals surface area contributed by atoms with E-state index in [4.69, 9.17) is 0 Å². The molecule has 94 valence electrons. The number of rotatable bonds is 4. The van der Waals surface area contributed by atoms with Gasteiger partial charge in [0.1, 0.15) is 6.04 Å². The summed E-state index contributed by atoms with van der Waals surface area (Å²) < 4.78 is 1.99. The first-order valence-electron chi connectivity index (χ1n) is 4.91. The smallest absolute Gasteiger partial charge is 0.104 e. The summed E-state index contributed by atoms with van der Waals surface area (Å²) in [6, 6.07) is 0.589. The number of halogens is 2. The molecule has 0 N–H and O–H groups in total. The molecule has 0 saturated heterocycles. The summed E-state index contributed by atoms with van der Waals surface area (Å²) in [4.78, 5) is 0. The zero-order valence-corrected chi connectivity index (χ0v) is 14.3. The van der Waals surface area contributed by atoms with Crippen molar-refractivity contribution in [2.24, 2.45) is 0 Å². The van der Waals surface area contributed by atoms with Crippen LogP contribution in [0.4, 0.5) is 0 Å². The molecule has 0 heterocycles. The van der Waals surface area contributed by atoms with Crippen molar-refractivity contribution in [2.45, 2.75) is 13.0 Å². The maximum absolute atomic E-state index is 2.31. The molecule has 0 aromatic heterocycles. The van der Waals surface area contributed by atoms with Gasteiger partial charge >= 0.3 is 0 Å². The lowest BCUT2D eigenvalue weighted by molar-refractivity contribution is -0.887. The van der Waals surface area contributed by atoms with Gasteiger partial charge in [0.05, 0.1) is 48.8 Å². The van der Waals surface area contributed by atoms with Gasteiger partial charge in [-0.1, -0.05) is 0 Å². The second kappa shape index (κ2) is 7.82. The molecule has 4 heteroatoms. The summed E-state index contributed by atoms with van der Waals surface area (Å²) in [7, 11) is 13.3. The van der Waals surface area contributed by atoms with Crippen LogP contribution in [-0.4, -0.2) is 63.8 Å². The third kappa shape index (κ3) is 12.6. The molecular formula is C11H26Br2N2. The molecule has 0 saturated carbocycles. The molecule has 1 unspecified atom stereocenters. The third-order valence-corrected chi connectivity index (χ3v) is 2.29. The predicted molar refractivity (Wildman–Crippen MR) is 59.5 cm³/mol. The Kier molecular flexibility index (Phi) is 10.9. The first-order valence-corrected chi connectivity index (χ1v) is 4.91. The number of quaternary nitrogens is 2. The van der Waals surface area contributed by atoms with Crippen LogP contribution in [0, 0.1) is 0 Å². The van der Waals surface area contributed by atoms with Gasteiger partial charge in [0, 0.05) is 0 Å². The van der Waals surface area contributed by atoms with Crippen molar-refractivity contribution in [3.05, 3.63) is 12.2 Å². The molecule has 0 aliphatic heterocycles. The van der Waals surface area contributed by atoms with E-state index in [1.807, 2.05) is 0 Å². The van der Waals surface area contributed by atoms with Crippen molar-refractivity contribution in [2.75, 3.05) is 48.8 Å². The Morgan fingerprint density at radius 1 is 0.933 bits per heavy atom. The average Bonchev–Trinajstić information content (AvgIpc) is 1.82. The lowest BCUT2D eigenvalue weighted by atomic mass is 10.2. The number of hydrogen-bond donors (Lipinski definition) is 0. The van der Waals surface area contributed by atoms with Gasteiger partial charge in [-0.05, 0) is 19.1 Å². The quantitative estimate of drug-likeness (QED) is 0.355. The van der Waals surface area contributed by atoms with Crippen LogP contribution in [-0.2, 0) is 0 Å². The molecule has 0 radical (unpaired) electrons. The van der Waals surface area contributed by atoms with Crippen LogP contribution in [0.3, 0.4) is 0 Å². The molecule has 0 bridgehead atoms. The molecule has 0 spiro atoms. The van der Waals surface area contributed by atoms with Gasteiger partial charge in [0.2, 0.25) is 0 Å². The molecule has 0 fully saturated rings. The van der Waals surface area contributed by atoms with Gasteiger partial charge < -0.3 is 42.9 Å². The third-order valence-electron chi connectivity index (χ3n) is 2.29. The van der Waals surface area contributed by atoms with E-state index < -0.39 is 0 Å². The lowest BCUT2D eigenvalue weighted by Gasteiger charge is -2.29. The SMILES string of the molecule is CC(/C=C/C[N+](C)(C)C)[N+](C)(C)C.[Br-].[Br-]. The topological polar surface area (TPSA) is 0 Å². The lowest BCUT2D eigenvalue weighted by Crippen LogP contribution is -3.00. The van der Waals surface area contributed by atoms with Crippen LogP contribution in [0.15, 0.2) is 12.2 Å². The summed E-state index contributed by atoms with van der Waals surface area (Å²) >= 11 is 0. The average molecular weight is 346 g/mol. The van der Waals surface area contributed by atoms with Gasteiger partial charge in [-0.2, -0.15) is 0 Å². The van der Waals surface area contributed by atoms with Gasteiger partial charge in [-0.15, -0.1) is 0 Å². The van der Waals surface area contributed by atoms with Crippen molar-refractivity contribution < 1.29 is 42.9 Å². The highest BCUT2D eigenvalue weighted by Gasteiger charge is 2.14. The van der Waals surface area contributed by atoms with E-state index in [-0.39, 0.29) is 34.0 Å². The standard InChI is InChI=1S/C11H26N2.2BrH/c1-11(13(5,6)7)9-8-10-12(2,3)4;;/h8-9,11H,10H2,1-7H3;2*1H/q+2;;/p-2/b9-8+;;. The highest BCUT2D eigenvalue weighted by Crippen LogP contribution is 2.03. The van der Waals surface area contributed by atoms with E-state index in [0.717, 1.165) is 15.5 Å². The monoisotopic (exact) mass is 344 g/mol. The molecule has 0 aliphatic rings. The summed E-state index contributed by atoms with van der Waals surface area (Å²) in [5.74, 6) is 0. The summed E-state index contributed by atoms with van der Waals surface area (Å²) in [5, 5.41) is 0. The first kappa shape index (κ1) is 21.0. The highest BCUT2D eigenvalue weighted by molar-refractivity contribution is 4.87. The minimum atomic E-state index is 0. The highest BCUT2D eigenvalue weighted by atomic mass is 79.9. The Labute approximate surface area is 117 Å². The van der Waals surface area contributed by atoms with Crippen LogP contribution in [0.1, 0.15) is 6.92 Å². The van der Waals surface area contributed by atoms with E-state index in [1.54, 1.807) is 0 Å². The van der Waals surface area contributed by atoms with Gasteiger partial charge in [-0.25, -0.2) is 0 Å². The predicted octanol–water partition coefficient (Wildman–Crippen LogP) is -4.65. The van der Waals surface area contributed by atoms with E-state index in [0.29, 0.717) is 6.04 Å². The maximum atomic E-state index is 2.31. The fourth-order valence-corrected chi connectivity index (χ4v) is 0.832. The van der Waals surface area contributed by atoms with Gasteiger partial charge in [0.15, 0.2) is 0 Å². The fourth-order valence-electron chi connectivity index (χ4n) is 0.832. The Morgan fingerprint density at radius 3 is 1.60 bits per heavy atom. The molecule has 0 aromatic carbocycles. The molecular weight excluding hydrogens is 320 g/mol. The molecule has 1 atom stereocenters. The minimum absolute atomic E-state index is 0. The Bertz CT molecular complexity index is 178. The number of nitrogens with zero attached hydrogens (tertiary/aromatic N) is 2. The van der Waals surface area contributed by atoms with Crippen molar-refractivity contribution in [3.63, 3.8) is 0 Å². The summed E-state index contributed by atoms with van der Waals surface area (Å²) in [6.07, 6.45) is 4.59. The van der Waals surface area contributed by atoms with Crippen LogP contribution in [0.5, 0.6) is 0 Å². The van der Waals surface area contributed by atoms with E-state index in [2.05, 4.69) is 61.4 Å². The largest absolute Gasteiger partial charge is 1.00 e. The number of likely N-dealkylation sites (N-methyl/N-ethyl adjacent to an activating group) is 2. The Balaban J connectivity index is -0.000000720. The zero-order valence-electron chi connectivity index (χ0n) is 11.1. The molecule has 0 aliphatic carbocycles. The molecule has 0 aromatic rings. The molecule has 2 nitrogen and oxygen atoms in total. The van der Waals surface area contributed by atoms with Crippen molar-refractivity contribution >= 4 is 0 Å². The van der Waals surface area contributed by atoms with Crippen molar-refractivity contribution in [1.29, 1.82) is 0 Å². The second-order valence-corrected chi connectivity index (χ2v) is 5.76. The van der Waals surface area contributed by atoms with E-state index in [9.17, 15) is 0 Å². The fraction of sp³-hybridized carbons (Fsp3) is 0.818. The zero-order chi connectivity index (χ0) is 10.7. The Hall–Kier alpha value is 0.620. The van der Waals surface area contributed by atoms with Crippen molar-refractivity contribution in [1.82, 2.24) is 0 Å².